The first kappa shape index (κ1) is 14.0. The monoisotopic (exact) mass is 255 g/mol. The number of ether oxygens (including phenoxy) is 2. The fourth-order valence-corrected chi connectivity index (χ4v) is 1.16. The molecule has 8 heteroatoms. The van der Waals surface area contributed by atoms with Crippen molar-refractivity contribution in [3.05, 3.63) is 6.07 Å². The highest BCUT2D eigenvalue weighted by Crippen LogP contribution is 2.13. The molecule has 1 amide bonds. The molecule has 0 aliphatic rings. The third-order valence-corrected chi connectivity index (χ3v) is 1.99. The van der Waals surface area contributed by atoms with Gasteiger partial charge in [0.15, 0.2) is 0 Å². The van der Waals surface area contributed by atoms with Crippen LogP contribution in [0.3, 0.4) is 0 Å². The molecule has 1 heterocycles. The van der Waals surface area contributed by atoms with Gasteiger partial charge < -0.3 is 25.8 Å². The van der Waals surface area contributed by atoms with Gasteiger partial charge in [-0.05, 0) is 0 Å². The Balaban J connectivity index is 2.43. The maximum atomic E-state index is 11.4. The Morgan fingerprint density at radius 2 is 2.22 bits per heavy atom. The number of nitrogens with zero attached hydrogens (tertiary/aromatic N) is 2. The van der Waals surface area contributed by atoms with Gasteiger partial charge in [-0.1, -0.05) is 0 Å². The molecule has 1 rings (SSSR count). The van der Waals surface area contributed by atoms with Gasteiger partial charge in [-0.3, -0.25) is 4.79 Å². The summed E-state index contributed by atoms with van der Waals surface area (Å²) in [7, 11) is 3.04. The third-order valence-electron chi connectivity index (χ3n) is 1.99. The predicted octanol–water partition coefficient (Wildman–Crippen LogP) is -0.758. The van der Waals surface area contributed by atoms with Gasteiger partial charge in [-0.25, -0.2) is 0 Å². The van der Waals surface area contributed by atoms with Gasteiger partial charge in [0.05, 0.1) is 20.3 Å². The summed E-state index contributed by atoms with van der Waals surface area (Å²) in [4.78, 5) is 19.1. The number of anilines is 2. The van der Waals surface area contributed by atoms with Crippen LogP contribution >= 0.6 is 0 Å². The first-order valence-corrected chi connectivity index (χ1v) is 5.33. The number of methoxy groups -OCH3 is 2. The Morgan fingerprint density at radius 3 is 2.89 bits per heavy atom. The average Bonchev–Trinajstić information content (AvgIpc) is 2.36. The van der Waals surface area contributed by atoms with Gasteiger partial charge in [-0.2, -0.15) is 9.97 Å². The van der Waals surface area contributed by atoms with Crippen LogP contribution in [0.5, 0.6) is 5.88 Å². The van der Waals surface area contributed by atoms with Crippen LogP contribution in [0, 0.1) is 0 Å². The van der Waals surface area contributed by atoms with Gasteiger partial charge in [0.1, 0.15) is 5.82 Å². The first-order chi connectivity index (χ1) is 8.65. The van der Waals surface area contributed by atoms with Gasteiger partial charge in [0.2, 0.25) is 17.7 Å². The number of amides is 1. The first-order valence-electron chi connectivity index (χ1n) is 5.33. The van der Waals surface area contributed by atoms with Crippen molar-refractivity contribution in [1.29, 1.82) is 0 Å². The van der Waals surface area contributed by atoms with Crippen molar-refractivity contribution >= 4 is 17.7 Å². The molecule has 0 saturated heterocycles. The summed E-state index contributed by atoms with van der Waals surface area (Å²) in [6.45, 7) is 1.02. The normalized spacial score (nSPS) is 9.89. The number of nitrogens with one attached hydrogen (secondary N) is 2. The van der Waals surface area contributed by atoms with Crippen LogP contribution in [0.15, 0.2) is 6.07 Å². The number of aromatic nitrogens is 2. The van der Waals surface area contributed by atoms with Crippen LogP contribution < -0.4 is 21.1 Å². The summed E-state index contributed by atoms with van der Waals surface area (Å²) in [5.41, 5.74) is 5.48. The van der Waals surface area contributed by atoms with Crippen molar-refractivity contribution < 1.29 is 14.3 Å². The zero-order chi connectivity index (χ0) is 13.4. The highest BCUT2D eigenvalue weighted by Gasteiger charge is 2.04. The molecule has 0 aliphatic carbocycles. The molecular formula is C10H17N5O3. The van der Waals surface area contributed by atoms with Gasteiger partial charge in [-0.15, -0.1) is 0 Å². The highest BCUT2D eigenvalue weighted by molar-refractivity contribution is 5.80. The van der Waals surface area contributed by atoms with Crippen LogP contribution in [0.2, 0.25) is 0 Å². The number of nitrogen functional groups attached to an aromatic ring is 1. The molecular weight excluding hydrogens is 238 g/mol. The van der Waals surface area contributed by atoms with Crippen molar-refractivity contribution in [2.45, 2.75) is 0 Å². The molecule has 0 unspecified atom stereocenters. The molecule has 1 aromatic rings. The fourth-order valence-electron chi connectivity index (χ4n) is 1.16. The molecule has 8 nitrogen and oxygen atoms in total. The fraction of sp³-hybridized carbons (Fsp3) is 0.500. The lowest BCUT2D eigenvalue weighted by molar-refractivity contribution is -0.119. The van der Waals surface area contributed by atoms with Gasteiger partial charge in [0, 0.05) is 19.7 Å². The van der Waals surface area contributed by atoms with Gasteiger partial charge in [0.25, 0.3) is 0 Å². The van der Waals surface area contributed by atoms with Crippen molar-refractivity contribution in [3.63, 3.8) is 0 Å². The molecule has 1 aromatic heterocycles. The second-order valence-electron chi connectivity index (χ2n) is 3.35. The molecule has 100 valence electrons. The van der Waals surface area contributed by atoms with E-state index in [0.717, 1.165) is 0 Å². The Morgan fingerprint density at radius 1 is 1.44 bits per heavy atom. The van der Waals surface area contributed by atoms with E-state index in [0.29, 0.717) is 24.8 Å². The minimum atomic E-state index is -0.164. The molecule has 0 aliphatic heterocycles. The maximum Gasteiger partial charge on any atom is 0.239 e. The molecule has 0 fully saturated rings. The van der Waals surface area contributed by atoms with E-state index in [-0.39, 0.29) is 18.4 Å². The molecule has 0 aromatic carbocycles. The van der Waals surface area contributed by atoms with Crippen molar-refractivity contribution in [2.75, 3.05) is 45.0 Å². The van der Waals surface area contributed by atoms with E-state index in [9.17, 15) is 4.79 Å². The van der Waals surface area contributed by atoms with Crippen LogP contribution in [0.25, 0.3) is 0 Å². The Hall–Kier alpha value is -2.09. The summed E-state index contributed by atoms with van der Waals surface area (Å²) in [5.74, 6) is 0.686. The van der Waals surface area contributed by atoms with Crippen LogP contribution in [0.1, 0.15) is 0 Å². The zero-order valence-corrected chi connectivity index (χ0v) is 10.4. The van der Waals surface area contributed by atoms with Gasteiger partial charge >= 0.3 is 0 Å². The second kappa shape index (κ2) is 7.28. The van der Waals surface area contributed by atoms with Crippen molar-refractivity contribution in [1.82, 2.24) is 15.3 Å². The van der Waals surface area contributed by atoms with Crippen molar-refractivity contribution in [3.8, 4) is 5.88 Å². The lowest BCUT2D eigenvalue weighted by atomic mass is 10.5. The Kier molecular flexibility index (Phi) is 5.65. The van der Waals surface area contributed by atoms with E-state index >= 15 is 0 Å². The standard InChI is InChI=1S/C10H17N5O3/c1-17-4-3-12-8(16)6-13-7-5-9(18-2)15-10(11)14-7/h5H,3-4,6H2,1-2H3,(H,12,16)(H3,11,13,14,15). The summed E-state index contributed by atoms with van der Waals surface area (Å²) < 4.78 is 9.75. The predicted molar refractivity (Wildman–Crippen MR) is 66.4 cm³/mol. The number of rotatable bonds is 7. The average molecular weight is 255 g/mol. The van der Waals surface area contributed by atoms with Crippen LogP contribution in [-0.4, -0.2) is 49.8 Å². The molecule has 4 N–H and O–H groups in total. The highest BCUT2D eigenvalue weighted by atomic mass is 16.5. The lowest BCUT2D eigenvalue weighted by Crippen LogP contribution is -2.32. The van der Waals surface area contributed by atoms with Crippen LogP contribution in [-0.2, 0) is 9.53 Å². The van der Waals surface area contributed by atoms with Crippen molar-refractivity contribution in [2.24, 2.45) is 0 Å². The Labute approximate surface area is 105 Å². The molecule has 18 heavy (non-hydrogen) atoms. The van der Waals surface area contributed by atoms with E-state index in [1.54, 1.807) is 13.2 Å². The van der Waals surface area contributed by atoms with E-state index in [1.165, 1.54) is 7.11 Å². The molecule has 0 atom stereocenters. The minimum absolute atomic E-state index is 0.0802. The third kappa shape index (κ3) is 4.83. The molecule has 0 saturated carbocycles. The topological polar surface area (TPSA) is 111 Å². The number of nitrogens with two attached hydrogens (primary N) is 1. The molecule has 0 radical (unpaired) electrons. The van der Waals surface area contributed by atoms with E-state index in [4.69, 9.17) is 15.2 Å². The Bertz CT molecular complexity index is 399. The maximum absolute atomic E-state index is 11.4. The summed E-state index contributed by atoms with van der Waals surface area (Å²) in [5, 5.41) is 5.49. The zero-order valence-electron chi connectivity index (χ0n) is 10.4. The smallest absolute Gasteiger partial charge is 0.239 e. The second-order valence-corrected chi connectivity index (χ2v) is 3.35. The minimum Gasteiger partial charge on any atom is -0.481 e. The number of hydrogen-bond acceptors (Lipinski definition) is 7. The number of carbonyl (C=O) groups is 1. The molecule has 0 spiro atoms. The summed E-state index contributed by atoms with van der Waals surface area (Å²) >= 11 is 0. The number of carbonyl (C=O) groups excluding carboxylic acids is 1. The quantitative estimate of drug-likeness (QED) is 0.549. The number of hydrogen-bond donors (Lipinski definition) is 3. The van der Waals surface area contributed by atoms with E-state index in [1.807, 2.05) is 0 Å². The SMILES string of the molecule is COCCNC(=O)CNc1cc(OC)nc(N)n1. The largest absolute Gasteiger partial charge is 0.481 e. The molecule has 0 bridgehead atoms. The summed E-state index contributed by atoms with van der Waals surface area (Å²) in [6, 6.07) is 1.55. The lowest BCUT2D eigenvalue weighted by Gasteiger charge is -2.08. The van der Waals surface area contributed by atoms with E-state index in [2.05, 4.69) is 20.6 Å². The van der Waals surface area contributed by atoms with E-state index < -0.39 is 0 Å². The van der Waals surface area contributed by atoms with Crippen LogP contribution in [0.4, 0.5) is 11.8 Å². The summed E-state index contributed by atoms with van der Waals surface area (Å²) in [6.07, 6.45) is 0.